The highest BCUT2D eigenvalue weighted by Crippen LogP contribution is 2.24. The van der Waals surface area contributed by atoms with Gasteiger partial charge in [0.05, 0.1) is 23.5 Å². The van der Waals surface area contributed by atoms with E-state index in [1.54, 1.807) is 24.3 Å². The predicted octanol–water partition coefficient (Wildman–Crippen LogP) is 3.62. The van der Waals surface area contributed by atoms with Crippen LogP contribution in [-0.4, -0.2) is 25.6 Å². The Morgan fingerprint density at radius 1 is 1.12 bits per heavy atom. The Morgan fingerprint density at radius 2 is 1.69 bits per heavy atom. The molecule has 0 unspecified atom stereocenters. The van der Waals surface area contributed by atoms with Crippen LogP contribution in [0.5, 0.6) is 5.75 Å². The molecule has 0 aliphatic heterocycles. The number of carboxylic acid groups (broad SMARTS) is 1. The maximum absolute atomic E-state index is 12.5. The van der Waals surface area contributed by atoms with Gasteiger partial charge in [-0.25, -0.2) is 13.1 Å². The van der Waals surface area contributed by atoms with Crippen LogP contribution in [0, 0.1) is 0 Å². The first-order valence-electron chi connectivity index (χ1n) is 7.93. The summed E-state index contributed by atoms with van der Waals surface area (Å²) in [5.41, 5.74) is 0.529. The summed E-state index contributed by atoms with van der Waals surface area (Å²) in [5.74, 6) is -0.491. The second kappa shape index (κ2) is 8.53. The average Bonchev–Trinajstić information content (AvgIpc) is 2.54. The second-order valence-corrected chi connectivity index (χ2v) is 8.11. The molecule has 0 radical (unpaired) electrons. The summed E-state index contributed by atoms with van der Waals surface area (Å²) in [6.07, 6.45) is -0.393. The molecule has 2 aromatic rings. The van der Waals surface area contributed by atoms with Crippen LogP contribution in [-0.2, 0) is 14.8 Å². The SMILES string of the molecule is CC(C)Oc1ccc([C@H](CC(=O)O)NS(=O)(=O)c2ccc(Cl)cc2)cc1. The van der Waals surface area contributed by atoms with Crippen LogP contribution in [0.4, 0.5) is 0 Å². The number of aliphatic carboxylic acids is 1. The minimum absolute atomic E-state index is 0.000857. The molecule has 6 nitrogen and oxygen atoms in total. The number of benzene rings is 2. The number of ether oxygens (including phenoxy) is 1. The molecule has 8 heteroatoms. The van der Waals surface area contributed by atoms with Crippen LogP contribution in [0.15, 0.2) is 53.4 Å². The van der Waals surface area contributed by atoms with Gasteiger partial charge in [-0.2, -0.15) is 0 Å². The number of rotatable bonds is 8. The molecule has 0 fully saturated rings. The zero-order valence-corrected chi connectivity index (χ0v) is 15.9. The molecular formula is C18H20ClNO5S. The second-order valence-electron chi connectivity index (χ2n) is 5.96. The molecule has 26 heavy (non-hydrogen) atoms. The van der Waals surface area contributed by atoms with Crippen LogP contribution in [0.3, 0.4) is 0 Å². The van der Waals surface area contributed by atoms with Gasteiger partial charge < -0.3 is 9.84 Å². The Kier molecular flexibility index (Phi) is 6.63. The van der Waals surface area contributed by atoms with E-state index in [0.717, 1.165) is 0 Å². The van der Waals surface area contributed by atoms with E-state index in [0.29, 0.717) is 16.3 Å². The van der Waals surface area contributed by atoms with Crippen LogP contribution in [0.2, 0.25) is 5.02 Å². The third-order valence-electron chi connectivity index (χ3n) is 3.45. The summed E-state index contributed by atoms with van der Waals surface area (Å²) >= 11 is 5.78. The lowest BCUT2D eigenvalue weighted by atomic mass is 10.0. The minimum Gasteiger partial charge on any atom is -0.491 e. The third-order valence-corrected chi connectivity index (χ3v) is 5.19. The van der Waals surface area contributed by atoms with Gasteiger partial charge in [-0.3, -0.25) is 4.79 Å². The number of hydrogen-bond acceptors (Lipinski definition) is 4. The van der Waals surface area contributed by atoms with E-state index in [-0.39, 0.29) is 11.0 Å². The first kappa shape index (κ1) is 20.2. The van der Waals surface area contributed by atoms with Crippen molar-refractivity contribution in [3.63, 3.8) is 0 Å². The van der Waals surface area contributed by atoms with E-state index >= 15 is 0 Å². The van der Waals surface area contributed by atoms with Crippen LogP contribution in [0.25, 0.3) is 0 Å². The highest BCUT2D eigenvalue weighted by molar-refractivity contribution is 7.89. The zero-order valence-electron chi connectivity index (χ0n) is 14.3. The molecule has 2 aromatic carbocycles. The van der Waals surface area contributed by atoms with E-state index in [4.69, 9.17) is 21.4 Å². The van der Waals surface area contributed by atoms with Gasteiger partial charge >= 0.3 is 5.97 Å². The number of nitrogens with one attached hydrogen (secondary N) is 1. The van der Waals surface area contributed by atoms with Crippen LogP contribution >= 0.6 is 11.6 Å². The van der Waals surface area contributed by atoms with E-state index in [1.165, 1.54) is 24.3 Å². The molecule has 0 amide bonds. The lowest BCUT2D eigenvalue weighted by Crippen LogP contribution is -2.30. The zero-order chi connectivity index (χ0) is 19.3. The van der Waals surface area contributed by atoms with E-state index in [2.05, 4.69) is 4.72 Å². The van der Waals surface area contributed by atoms with Gasteiger partial charge in [0, 0.05) is 5.02 Å². The van der Waals surface area contributed by atoms with Crippen molar-refractivity contribution in [2.45, 2.75) is 37.3 Å². The van der Waals surface area contributed by atoms with E-state index in [1.807, 2.05) is 13.8 Å². The fourth-order valence-corrected chi connectivity index (χ4v) is 3.67. The van der Waals surface area contributed by atoms with Gasteiger partial charge in [-0.1, -0.05) is 23.7 Å². The van der Waals surface area contributed by atoms with Crippen molar-refractivity contribution in [1.82, 2.24) is 4.72 Å². The molecule has 0 saturated heterocycles. The molecule has 0 bridgehead atoms. The summed E-state index contributed by atoms with van der Waals surface area (Å²) in [5, 5.41) is 9.55. The summed E-state index contributed by atoms with van der Waals surface area (Å²) in [6, 6.07) is 11.4. The topological polar surface area (TPSA) is 92.7 Å². The van der Waals surface area contributed by atoms with Crippen molar-refractivity contribution in [2.75, 3.05) is 0 Å². The molecule has 0 aromatic heterocycles. The summed E-state index contributed by atoms with van der Waals surface area (Å²) in [7, 11) is -3.90. The van der Waals surface area contributed by atoms with Crippen LogP contribution in [0.1, 0.15) is 31.9 Å². The van der Waals surface area contributed by atoms with Gasteiger partial charge in [0.15, 0.2) is 0 Å². The molecule has 2 rings (SSSR count). The van der Waals surface area contributed by atoms with Crippen molar-refractivity contribution < 1.29 is 23.1 Å². The number of sulfonamides is 1. The first-order valence-corrected chi connectivity index (χ1v) is 9.80. The molecule has 0 aliphatic rings. The van der Waals surface area contributed by atoms with E-state index < -0.39 is 28.5 Å². The summed E-state index contributed by atoms with van der Waals surface area (Å²) in [4.78, 5) is 11.2. The predicted molar refractivity (Wildman–Crippen MR) is 99.0 cm³/mol. The molecule has 0 saturated carbocycles. The van der Waals surface area contributed by atoms with Crippen molar-refractivity contribution in [2.24, 2.45) is 0 Å². The summed E-state index contributed by atoms with van der Waals surface area (Å²) < 4.78 is 33.1. The average molecular weight is 398 g/mol. The molecule has 2 N–H and O–H groups in total. The fourth-order valence-electron chi connectivity index (χ4n) is 2.32. The number of hydrogen-bond donors (Lipinski definition) is 2. The summed E-state index contributed by atoms with van der Waals surface area (Å²) in [6.45, 7) is 3.78. The highest BCUT2D eigenvalue weighted by Gasteiger charge is 2.23. The van der Waals surface area contributed by atoms with Crippen molar-refractivity contribution in [1.29, 1.82) is 0 Å². The fraction of sp³-hybridized carbons (Fsp3) is 0.278. The molecule has 0 aliphatic carbocycles. The minimum atomic E-state index is -3.90. The van der Waals surface area contributed by atoms with Gasteiger partial charge in [0.2, 0.25) is 10.0 Å². The lowest BCUT2D eigenvalue weighted by molar-refractivity contribution is -0.137. The van der Waals surface area contributed by atoms with Crippen molar-refractivity contribution >= 4 is 27.6 Å². The Bertz CT molecular complexity index is 848. The van der Waals surface area contributed by atoms with Gasteiger partial charge in [-0.05, 0) is 55.8 Å². The Labute approximate surface area is 157 Å². The molecular weight excluding hydrogens is 378 g/mol. The van der Waals surface area contributed by atoms with Crippen LogP contribution < -0.4 is 9.46 Å². The largest absolute Gasteiger partial charge is 0.491 e. The van der Waals surface area contributed by atoms with Crippen molar-refractivity contribution in [3.05, 3.63) is 59.1 Å². The Balaban J connectivity index is 2.26. The van der Waals surface area contributed by atoms with Gasteiger partial charge in [0.1, 0.15) is 5.75 Å². The molecule has 1 atom stereocenters. The number of carboxylic acids is 1. The normalized spacial score (nSPS) is 12.8. The van der Waals surface area contributed by atoms with Gasteiger partial charge in [-0.15, -0.1) is 0 Å². The van der Waals surface area contributed by atoms with E-state index in [9.17, 15) is 13.2 Å². The quantitative estimate of drug-likeness (QED) is 0.709. The molecule has 0 heterocycles. The number of halogens is 1. The highest BCUT2D eigenvalue weighted by atomic mass is 35.5. The lowest BCUT2D eigenvalue weighted by Gasteiger charge is -2.18. The maximum atomic E-state index is 12.5. The van der Waals surface area contributed by atoms with Crippen molar-refractivity contribution in [3.8, 4) is 5.75 Å². The molecule has 0 spiro atoms. The monoisotopic (exact) mass is 397 g/mol. The van der Waals surface area contributed by atoms with Gasteiger partial charge in [0.25, 0.3) is 0 Å². The molecule has 140 valence electrons. The standard InChI is InChI=1S/C18H20ClNO5S/c1-12(2)25-15-7-3-13(4-8-15)17(11-18(21)22)20-26(23,24)16-9-5-14(19)6-10-16/h3-10,12,17,20H,11H2,1-2H3,(H,21,22)/t17-/m0/s1. The first-order chi connectivity index (χ1) is 12.2. The smallest absolute Gasteiger partial charge is 0.305 e. The number of carbonyl (C=O) groups is 1. The Hall–Kier alpha value is -2.09. The maximum Gasteiger partial charge on any atom is 0.305 e. The third kappa shape index (κ3) is 5.72. The Morgan fingerprint density at radius 3 is 2.19 bits per heavy atom.